The van der Waals surface area contributed by atoms with Crippen LogP contribution in [0.1, 0.15) is 35.4 Å². The number of nitrogens with zero attached hydrogens (tertiary/aromatic N) is 1. The Kier molecular flexibility index (Phi) is 4.96. The predicted molar refractivity (Wildman–Crippen MR) is 96.9 cm³/mol. The van der Waals surface area contributed by atoms with Crippen LogP contribution in [0.3, 0.4) is 0 Å². The molecule has 0 spiro atoms. The molecule has 0 radical (unpaired) electrons. The number of fused-ring (bicyclic) bond motifs is 1. The van der Waals surface area contributed by atoms with Gasteiger partial charge in [-0.05, 0) is 31.1 Å². The van der Waals surface area contributed by atoms with E-state index < -0.39 is 0 Å². The number of hydrogen-bond acceptors (Lipinski definition) is 3. The van der Waals surface area contributed by atoms with E-state index in [0.717, 1.165) is 36.0 Å². The van der Waals surface area contributed by atoms with Gasteiger partial charge in [0.1, 0.15) is 4.88 Å². The summed E-state index contributed by atoms with van der Waals surface area (Å²) >= 11 is 13.1. The Labute approximate surface area is 144 Å². The summed E-state index contributed by atoms with van der Waals surface area (Å²) in [5.74, 6) is -0.208. The van der Waals surface area contributed by atoms with Gasteiger partial charge in [-0.3, -0.25) is 10.1 Å². The number of thiocarbonyl (C=S) groups is 1. The number of likely N-dealkylation sites (tertiary alicyclic amines) is 1. The Hall–Kier alpha value is -1.17. The fourth-order valence-electron chi connectivity index (χ4n) is 2.67. The highest BCUT2D eigenvalue weighted by Crippen LogP contribution is 2.35. The van der Waals surface area contributed by atoms with Gasteiger partial charge in [0, 0.05) is 23.2 Å². The molecule has 1 saturated heterocycles. The van der Waals surface area contributed by atoms with Crippen molar-refractivity contribution in [2.24, 2.45) is 0 Å². The molecule has 1 N–H and O–H groups in total. The minimum atomic E-state index is -0.208. The van der Waals surface area contributed by atoms with Crippen LogP contribution in [0.4, 0.5) is 0 Å². The summed E-state index contributed by atoms with van der Waals surface area (Å²) in [6.45, 7) is 1.83. The highest BCUT2D eigenvalue weighted by molar-refractivity contribution is 7.80. The van der Waals surface area contributed by atoms with Gasteiger partial charge < -0.3 is 4.90 Å². The molecule has 1 aromatic carbocycles. The van der Waals surface area contributed by atoms with Gasteiger partial charge in [-0.15, -0.1) is 11.3 Å². The van der Waals surface area contributed by atoms with Crippen molar-refractivity contribution in [1.82, 2.24) is 10.2 Å². The first-order valence-electron chi connectivity index (χ1n) is 7.44. The second kappa shape index (κ2) is 6.94. The lowest BCUT2D eigenvalue weighted by Gasteiger charge is -2.23. The van der Waals surface area contributed by atoms with Crippen LogP contribution in [-0.4, -0.2) is 29.0 Å². The summed E-state index contributed by atoms with van der Waals surface area (Å²) in [6, 6.07) is 7.76. The van der Waals surface area contributed by atoms with Gasteiger partial charge >= 0.3 is 0 Å². The van der Waals surface area contributed by atoms with Gasteiger partial charge in [0.25, 0.3) is 5.91 Å². The van der Waals surface area contributed by atoms with E-state index in [1.54, 1.807) is 0 Å². The summed E-state index contributed by atoms with van der Waals surface area (Å²) < 4.78 is 1.01. The Morgan fingerprint density at radius 2 is 1.86 bits per heavy atom. The van der Waals surface area contributed by atoms with Crippen molar-refractivity contribution in [2.75, 3.05) is 13.1 Å². The number of nitrogens with one attached hydrogen (secondary N) is 1. The number of carbonyl (C=O) groups is 1. The fraction of sp³-hybridized carbons (Fsp3) is 0.375. The van der Waals surface area contributed by atoms with Crippen molar-refractivity contribution < 1.29 is 4.79 Å². The van der Waals surface area contributed by atoms with E-state index in [2.05, 4.69) is 10.2 Å². The van der Waals surface area contributed by atoms with E-state index in [-0.39, 0.29) is 5.91 Å². The zero-order chi connectivity index (χ0) is 15.5. The van der Waals surface area contributed by atoms with Gasteiger partial charge in [0.05, 0.1) is 5.02 Å². The molecule has 1 amide bonds. The summed E-state index contributed by atoms with van der Waals surface area (Å²) in [7, 11) is 0. The second-order valence-electron chi connectivity index (χ2n) is 5.40. The van der Waals surface area contributed by atoms with Crippen LogP contribution in [0.2, 0.25) is 5.02 Å². The Balaban J connectivity index is 1.75. The van der Waals surface area contributed by atoms with E-state index in [1.165, 1.54) is 24.2 Å². The minimum Gasteiger partial charge on any atom is -0.349 e. The Morgan fingerprint density at radius 1 is 1.18 bits per heavy atom. The first-order chi connectivity index (χ1) is 10.7. The maximum Gasteiger partial charge on any atom is 0.269 e. The molecule has 3 nitrogen and oxygen atoms in total. The third kappa shape index (κ3) is 3.26. The van der Waals surface area contributed by atoms with E-state index in [9.17, 15) is 4.79 Å². The monoisotopic (exact) mass is 352 g/mol. The molecule has 1 aliphatic heterocycles. The third-order valence-electron chi connectivity index (χ3n) is 3.85. The van der Waals surface area contributed by atoms with Gasteiger partial charge in [0.15, 0.2) is 5.11 Å². The Morgan fingerprint density at radius 3 is 2.55 bits per heavy atom. The van der Waals surface area contributed by atoms with E-state index in [1.807, 2.05) is 24.3 Å². The van der Waals surface area contributed by atoms with Crippen molar-refractivity contribution in [2.45, 2.75) is 25.7 Å². The van der Waals surface area contributed by atoms with Crippen LogP contribution in [0.25, 0.3) is 10.1 Å². The third-order valence-corrected chi connectivity index (χ3v) is 5.89. The average molecular weight is 353 g/mol. The highest BCUT2D eigenvalue weighted by atomic mass is 35.5. The summed E-state index contributed by atoms with van der Waals surface area (Å²) in [5, 5.41) is 4.78. The number of benzene rings is 1. The predicted octanol–water partition coefficient (Wildman–Crippen LogP) is 4.45. The quantitative estimate of drug-likeness (QED) is 0.770. The summed E-state index contributed by atoms with van der Waals surface area (Å²) in [5.41, 5.74) is 0. The lowest BCUT2D eigenvalue weighted by atomic mass is 10.2. The lowest BCUT2D eigenvalue weighted by Crippen LogP contribution is -2.42. The molecule has 1 fully saturated rings. The van der Waals surface area contributed by atoms with Crippen molar-refractivity contribution in [3.8, 4) is 0 Å². The standard InChI is InChI=1S/C16H17ClN2OS2/c17-13-11-7-3-4-8-12(11)22-14(13)15(20)18-16(21)19-9-5-1-2-6-10-19/h3-4,7-8H,1-2,5-6,9-10H2,(H,18,20,21). The second-order valence-corrected chi connectivity index (χ2v) is 7.22. The maximum atomic E-state index is 12.5. The zero-order valence-electron chi connectivity index (χ0n) is 12.1. The number of halogens is 1. The normalized spacial score (nSPS) is 15.6. The number of hydrogen-bond donors (Lipinski definition) is 1. The van der Waals surface area contributed by atoms with E-state index in [0.29, 0.717) is 15.0 Å². The van der Waals surface area contributed by atoms with Gasteiger partial charge in [-0.2, -0.15) is 0 Å². The van der Waals surface area contributed by atoms with E-state index in [4.69, 9.17) is 23.8 Å². The van der Waals surface area contributed by atoms with Crippen molar-refractivity contribution in [1.29, 1.82) is 0 Å². The van der Waals surface area contributed by atoms with Gasteiger partial charge in [-0.1, -0.05) is 42.6 Å². The molecule has 22 heavy (non-hydrogen) atoms. The van der Waals surface area contributed by atoms with Crippen molar-refractivity contribution >= 4 is 56.3 Å². The molecule has 0 saturated carbocycles. The first-order valence-corrected chi connectivity index (χ1v) is 9.04. The van der Waals surface area contributed by atoms with Crippen LogP contribution >= 0.6 is 35.2 Å². The maximum absolute atomic E-state index is 12.5. The molecule has 2 heterocycles. The largest absolute Gasteiger partial charge is 0.349 e. The molecular weight excluding hydrogens is 336 g/mol. The molecule has 0 unspecified atom stereocenters. The van der Waals surface area contributed by atoms with Crippen LogP contribution in [0.5, 0.6) is 0 Å². The SMILES string of the molecule is O=C(NC(=S)N1CCCCCC1)c1sc2ccccc2c1Cl. The van der Waals surface area contributed by atoms with Crippen LogP contribution < -0.4 is 5.32 Å². The molecule has 0 aliphatic carbocycles. The zero-order valence-corrected chi connectivity index (χ0v) is 14.5. The molecular formula is C16H17ClN2OS2. The molecule has 1 aliphatic rings. The lowest BCUT2D eigenvalue weighted by molar-refractivity contribution is 0.0977. The van der Waals surface area contributed by atoms with Crippen LogP contribution in [-0.2, 0) is 0 Å². The molecule has 0 bridgehead atoms. The van der Waals surface area contributed by atoms with Crippen LogP contribution in [0.15, 0.2) is 24.3 Å². The number of carbonyl (C=O) groups excluding carboxylic acids is 1. The fourth-order valence-corrected chi connectivity index (χ4v) is 4.35. The number of thiophene rings is 1. The summed E-state index contributed by atoms with van der Waals surface area (Å²) in [6.07, 6.45) is 4.71. The van der Waals surface area contributed by atoms with E-state index >= 15 is 0 Å². The Bertz CT molecular complexity index is 705. The van der Waals surface area contributed by atoms with Crippen molar-refractivity contribution in [3.05, 3.63) is 34.2 Å². The molecule has 3 rings (SSSR count). The smallest absolute Gasteiger partial charge is 0.269 e. The van der Waals surface area contributed by atoms with Crippen molar-refractivity contribution in [3.63, 3.8) is 0 Å². The average Bonchev–Trinajstić information content (AvgIpc) is 2.70. The molecule has 2 aromatic rings. The molecule has 1 aromatic heterocycles. The summed E-state index contributed by atoms with van der Waals surface area (Å²) in [4.78, 5) is 15.1. The first kappa shape index (κ1) is 15.7. The minimum absolute atomic E-state index is 0.208. The molecule has 116 valence electrons. The van der Waals surface area contributed by atoms with Gasteiger partial charge in [-0.25, -0.2) is 0 Å². The number of rotatable bonds is 1. The van der Waals surface area contributed by atoms with Gasteiger partial charge in [0.2, 0.25) is 0 Å². The topological polar surface area (TPSA) is 32.3 Å². The highest BCUT2D eigenvalue weighted by Gasteiger charge is 2.20. The molecule has 0 atom stereocenters. The number of amides is 1. The molecule has 6 heteroatoms. The van der Waals surface area contributed by atoms with Crippen LogP contribution in [0, 0.1) is 0 Å².